The third-order valence-electron chi connectivity index (χ3n) is 2.88. The van der Waals surface area contributed by atoms with Crippen molar-refractivity contribution in [2.75, 3.05) is 33.4 Å². The predicted octanol–water partition coefficient (Wildman–Crippen LogP) is 1.78. The molecule has 0 atom stereocenters. The molecule has 4 heteroatoms. The summed E-state index contributed by atoms with van der Waals surface area (Å²) in [6.45, 7) is 8.72. The lowest BCUT2D eigenvalue weighted by atomic mass is 10.1. The number of ether oxygens (including phenoxy) is 1. The lowest BCUT2D eigenvalue weighted by molar-refractivity contribution is 0.0901. The van der Waals surface area contributed by atoms with Gasteiger partial charge in [0.1, 0.15) is 0 Å². The van der Waals surface area contributed by atoms with Gasteiger partial charge in [-0.1, -0.05) is 6.92 Å². The van der Waals surface area contributed by atoms with Crippen LogP contribution in [0.15, 0.2) is 6.07 Å². The van der Waals surface area contributed by atoms with Crippen LogP contribution in [-0.2, 0) is 4.74 Å². The molecule has 96 valence electrons. The normalized spacial score (nSPS) is 11.1. The lowest BCUT2D eigenvalue weighted by Crippen LogP contribution is -2.32. The Hall–Kier alpha value is -1.13. The van der Waals surface area contributed by atoms with E-state index in [0.717, 1.165) is 30.0 Å². The van der Waals surface area contributed by atoms with Crippen molar-refractivity contribution < 1.29 is 9.53 Å². The Balaban J connectivity index is 2.61. The SMILES string of the molecule is CCN(CCOC)CC(=O)c1cc(C)[nH]c1C. The fourth-order valence-electron chi connectivity index (χ4n) is 1.87. The van der Waals surface area contributed by atoms with E-state index in [-0.39, 0.29) is 5.78 Å². The van der Waals surface area contributed by atoms with E-state index in [2.05, 4.69) is 16.8 Å². The topological polar surface area (TPSA) is 45.3 Å². The number of ketones is 1. The van der Waals surface area contributed by atoms with Crippen LogP contribution in [0.25, 0.3) is 0 Å². The van der Waals surface area contributed by atoms with Crippen molar-refractivity contribution in [2.24, 2.45) is 0 Å². The number of nitrogens with zero attached hydrogens (tertiary/aromatic N) is 1. The number of H-pyrrole nitrogens is 1. The fourth-order valence-corrected chi connectivity index (χ4v) is 1.87. The Kier molecular flexibility index (Phi) is 5.38. The van der Waals surface area contributed by atoms with Gasteiger partial charge in [-0.25, -0.2) is 0 Å². The van der Waals surface area contributed by atoms with Crippen LogP contribution in [0.4, 0.5) is 0 Å². The highest BCUT2D eigenvalue weighted by Crippen LogP contribution is 2.10. The number of aromatic nitrogens is 1. The second-order valence-electron chi connectivity index (χ2n) is 4.28. The van der Waals surface area contributed by atoms with E-state index in [1.54, 1.807) is 7.11 Å². The zero-order valence-electron chi connectivity index (χ0n) is 11.2. The first-order valence-electron chi connectivity index (χ1n) is 5.99. The quantitative estimate of drug-likeness (QED) is 0.736. The molecule has 1 heterocycles. The van der Waals surface area contributed by atoms with Gasteiger partial charge in [-0.15, -0.1) is 0 Å². The van der Waals surface area contributed by atoms with Crippen molar-refractivity contribution in [3.63, 3.8) is 0 Å². The second-order valence-corrected chi connectivity index (χ2v) is 4.28. The zero-order valence-corrected chi connectivity index (χ0v) is 11.2. The van der Waals surface area contributed by atoms with Crippen LogP contribution in [0.5, 0.6) is 0 Å². The number of rotatable bonds is 7. The number of carbonyl (C=O) groups is 1. The van der Waals surface area contributed by atoms with E-state index >= 15 is 0 Å². The molecule has 0 unspecified atom stereocenters. The van der Waals surface area contributed by atoms with Crippen molar-refractivity contribution in [1.82, 2.24) is 9.88 Å². The van der Waals surface area contributed by atoms with E-state index in [4.69, 9.17) is 4.74 Å². The number of carbonyl (C=O) groups excluding carboxylic acids is 1. The molecule has 0 spiro atoms. The highest BCUT2D eigenvalue weighted by molar-refractivity contribution is 5.98. The molecule has 0 amide bonds. The van der Waals surface area contributed by atoms with Crippen LogP contribution in [0.3, 0.4) is 0 Å². The average Bonchev–Trinajstić information content (AvgIpc) is 2.63. The number of Topliss-reactive ketones (excluding diaryl/α,β-unsaturated/α-hetero) is 1. The first-order chi connectivity index (χ1) is 8.08. The van der Waals surface area contributed by atoms with Crippen LogP contribution >= 0.6 is 0 Å². The summed E-state index contributed by atoms with van der Waals surface area (Å²) in [5.74, 6) is 0.171. The summed E-state index contributed by atoms with van der Waals surface area (Å²) >= 11 is 0. The minimum atomic E-state index is 0.171. The number of aryl methyl sites for hydroxylation is 2. The molecule has 0 fully saturated rings. The average molecular weight is 238 g/mol. The van der Waals surface area contributed by atoms with Crippen LogP contribution in [0.1, 0.15) is 28.7 Å². The van der Waals surface area contributed by atoms with E-state index in [9.17, 15) is 4.79 Å². The van der Waals surface area contributed by atoms with Crippen molar-refractivity contribution in [1.29, 1.82) is 0 Å². The number of hydrogen-bond donors (Lipinski definition) is 1. The van der Waals surface area contributed by atoms with Gasteiger partial charge in [-0.05, 0) is 26.5 Å². The summed E-state index contributed by atoms with van der Waals surface area (Å²) in [5, 5.41) is 0. The Morgan fingerprint density at radius 1 is 1.47 bits per heavy atom. The fraction of sp³-hybridized carbons (Fsp3) is 0.615. The zero-order chi connectivity index (χ0) is 12.8. The molecule has 0 aliphatic carbocycles. The number of likely N-dealkylation sites (N-methyl/N-ethyl adjacent to an activating group) is 1. The summed E-state index contributed by atoms with van der Waals surface area (Å²) in [5.41, 5.74) is 2.79. The third-order valence-corrected chi connectivity index (χ3v) is 2.88. The first kappa shape index (κ1) is 13.9. The molecule has 1 aromatic rings. The van der Waals surface area contributed by atoms with E-state index in [0.29, 0.717) is 13.2 Å². The molecule has 0 bridgehead atoms. The monoisotopic (exact) mass is 238 g/mol. The molecule has 17 heavy (non-hydrogen) atoms. The Morgan fingerprint density at radius 2 is 2.18 bits per heavy atom. The van der Waals surface area contributed by atoms with E-state index < -0.39 is 0 Å². The number of nitrogens with one attached hydrogen (secondary N) is 1. The molecule has 1 N–H and O–H groups in total. The van der Waals surface area contributed by atoms with Gasteiger partial charge in [-0.3, -0.25) is 9.69 Å². The Morgan fingerprint density at radius 3 is 2.65 bits per heavy atom. The highest BCUT2D eigenvalue weighted by atomic mass is 16.5. The molecule has 4 nitrogen and oxygen atoms in total. The molecule has 0 aliphatic heterocycles. The van der Waals surface area contributed by atoms with Gasteiger partial charge in [0.15, 0.2) is 5.78 Å². The molecule has 0 saturated carbocycles. The number of aromatic amines is 1. The van der Waals surface area contributed by atoms with Gasteiger partial charge in [0, 0.05) is 30.6 Å². The molecule has 0 aromatic carbocycles. The van der Waals surface area contributed by atoms with Crippen LogP contribution in [-0.4, -0.2) is 49.0 Å². The van der Waals surface area contributed by atoms with Gasteiger partial charge in [0.2, 0.25) is 0 Å². The highest BCUT2D eigenvalue weighted by Gasteiger charge is 2.14. The second kappa shape index (κ2) is 6.57. The molecular weight excluding hydrogens is 216 g/mol. The first-order valence-corrected chi connectivity index (χ1v) is 5.99. The summed E-state index contributed by atoms with van der Waals surface area (Å²) in [7, 11) is 1.68. The number of hydrogen-bond acceptors (Lipinski definition) is 3. The van der Waals surface area contributed by atoms with Gasteiger partial charge in [-0.2, -0.15) is 0 Å². The van der Waals surface area contributed by atoms with Crippen molar-refractivity contribution in [3.05, 3.63) is 23.0 Å². The van der Waals surface area contributed by atoms with Crippen LogP contribution < -0.4 is 0 Å². The molecule has 0 radical (unpaired) electrons. The van der Waals surface area contributed by atoms with Crippen molar-refractivity contribution in [2.45, 2.75) is 20.8 Å². The Bertz CT molecular complexity index is 371. The van der Waals surface area contributed by atoms with Gasteiger partial charge in [0.25, 0.3) is 0 Å². The summed E-state index contributed by atoms with van der Waals surface area (Å²) in [4.78, 5) is 17.4. The predicted molar refractivity (Wildman–Crippen MR) is 68.6 cm³/mol. The third kappa shape index (κ3) is 3.98. The Labute approximate surface area is 103 Å². The largest absolute Gasteiger partial charge is 0.383 e. The molecule has 0 saturated heterocycles. The molecule has 1 rings (SSSR count). The summed E-state index contributed by atoms with van der Waals surface area (Å²) in [6.07, 6.45) is 0. The molecule has 1 aromatic heterocycles. The van der Waals surface area contributed by atoms with E-state index in [1.807, 2.05) is 19.9 Å². The minimum Gasteiger partial charge on any atom is -0.383 e. The smallest absolute Gasteiger partial charge is 0.178 e. The summed E-state index contributed by atoms with van der Waals surface area (Å²) < 4.78 is 5.03. The van der Waals surface area contributed by atoms with E-state index in [1.165, 1.54) is 0 Å². The van der Waals surface area contributed by atoms with Crippen molar-refractivity contribution >= 4 is 5.78 Å². The van der Waals surface area contributed by atoms with Gasteiger partial charge < -0.3 is 9.72 Å². The van der Waals surface area contributed by atoms with Gasteiger partial charge in [0.05, 0.1) is 13.2 Å². The van der Waals surface area contributed by atoms with Crippen LogP contribution in [0, 0.1) is 13.8 Å². The maximum atomic E-state index is 12.1. The number of methoxy groups -OCH3 is 1. The van der Waals surface area contributed by atoms with Crippen molar-refractivity contribution in [3.8, 4) is 0 Å². The van der Waals surface area contributed by atoms with Gasteiger partial charge >= 0.3 is 0 Å². The maximum Gasteiger partial charge on any atom is 0.178 e. The molecule has 0 aliphatic rings. The molecular formula is C13H22N2O2. The summed E-state index contributed by atoms with van der Waals surface area (Å²) in [6, 6.07) is 1.92. The lowest BCUT2D eigenvalue weighted by Gasteiger charge is -2.18. The minimum absolute atomic E-state index is 0.171. The maximum absolute atomic E-state index is 12.1. The van der Waals surface area contributed by atoms with Crippen LogP contribution in [0.2, 0.25) is 0 Å². The standard InChI is InChI=1S/C13H22N2O2/c1-5-15(6-7-17-4)9-13(16)12-8-10(2)14-11(12)3/h8,14H,5-7,9H2,1-4H3.